The van der Waals surface area contributed by atoms with Crippen molar-refractivity contribution in [3.05, 3.63) is 66.8 Å². The minimum atomic E-state index is 1.12. The Morgan fingerprint density at radius 3 is 2.46 bits per heavy atom. The van der Waals surface area contributed by atoms with Gasteiger partial charge in [-0.05, 0) is 23.6 Å². The van der Waals surface area contributed by atoms with Gasteiger partial charge < -0.3 is 0 Å². The van der Waals surface area contributed by atoms with Crippen LogP contribution in [0.3, 0.4) is 0 Å². The zero-order valence-corrected chi connectivity index (χ0v) is 7.96. The van der Waals surface area contributed by atoms with E-state index in [4.69, 9.17) is 0 Å². The monoisotopic (exact) mass is 170 g/mol. The second-order valence-corrected chi connectivity index (χ2v) is 2.88. The molecule has 0 saturated carbocycles. The summed E-state index contributed by atoms with van der Waals surface area (Å²) >= 11 is 0. The predicted octanol–water partition coefficient (Wildman–Crippen LogP) is 3.75. The first-order valence-corrected chi connectivity index (χ1v) is 4.30. The Labute approximate surface area is 79.9 Å². The van der Waals surface area contributed by atoms with Gasteiger partial charge in [-0.1, -0.05) is 55.7 Å². The van der Waals surface area contributed by atoms with Crippen molar-refractivity contribution in [3.8, 4) is 0 Å². The molecule has 0 nitrogen and oxygen atoms in total. The highest BCUT2D eigenvalue weighted by Gasteiger charge is 1.98. The maximum absolute atomic E-state index is 3.78. The Hall–Kier alpha value is -1.56. The Morgan fingerprint density at radius 2 is 1.92 bits per heavy atom. The fourth-order valence-corrected chi connectivity index (χ4v) is 1.29. The SMILES string of the molecule is C=C/C=C(\C=C)c1ccccc1C. The van der Waals surface area contributed by atoms with Crippen LogP contribution in [0.5, 0.6) is 0 Å². The maximum atomic E-state index is 3.78. The molecule has 0 fully saturated rings. The Balaban J connectivity index is 3.19. The number of hydrogen-bond acceptors (Lipinski definition) is 0. The van der Waals surface area contributed by atoms with Gasteiger partial charge in [-0.15, -0.1) is 0 Å². The molecule has 0 N–H and O–H groups in total. The zero-order chi connectivity index (χ0) is 9.68. The van der Waals surface area contributed by atoms with Gasteiger partial charge in [0, 0.05) is 0 Å². The second kappa shape index (κ2) is 4.46. The van der Waals surface area contributed by atoms with E-state index < -0.39 is 0 Å². The summed E-state index contributed by atoms with van der Waals surface area (Å²) in [6.07, 6.45) is 5.60. The van der Waals surface area contributed by atoms with Gasteiger partial charge in [-0.25, -0.2) is 0 Å². The van der Waals surface area contributed by atoms with Crippen LogP contribution in [0, 0.1) is 6.92 Å². The third-order valence-corrected chi connectivity index (χ3v) is 1.97. The van der Waals surface area contributed by atoms with Gasteiger partial charge in [0.25, 0.3) is 0 Å². The molecule has 0 spiro atoms. The van der Waals surface area contributed by atoms with Crippen LogP contribution >= 0.6 is 0 Å². The van der Waals surface area contributed by atoms with Gasteiger partial charge in [0.2, 0.25) is 0 Å². The highest BCUT2D eigenvalue weighted by Crippen LogP contribution is 2.19. The van der Waals surface area contributed by atoms with Crippen LogP contribution in [0.4, 0.5) is 0 Å². The third-order valence-electron chi connectivity index (χ3n) is 1.97. The first kappa shape index (κ1) is 9.53. The molecule has 0 aliphatic rings. The van der Waals surface area contributed by atoms with Gasteiger partial charge in [-0.2, -0.15) is 0 Å². The average molecular weight is 170 g/mol. The molecule has 0 atom stereocenters. The van der Waals surface area contributed by atoms with E-state index in [2.05, 4.69) is 32.2 Å². The van der Waals surface area contributed by atoms with E-state index in [9.17, 15) is 0 Å². The molecule has 0 aliphatic carbocycles. The number of rotatable bonds is 3. The van der Waals surface area contributed by atoms with Crippen LogP contribution in [0.2, 0.25) is 0 Å². The van der Waals surface area contributed by atoms with E-state index in [0.29, 0.717) is 0 Å². The van der Waals surface area contributed by atoms with E-state index in [1.165, 1.54) is 11.1 Å². The van der Waals surface area contributed by atoms with Crippen molar-refractivity contribution < 1.29 is 0 Å². The lowest BCUT2D eigenvalue weighted by atomic mass is 10.0. The largest absolute Gasteiger partial charge is 0.0990 e. The molecule has 1 rings (SSSR count). The number of allylic oxidation sites excluding steroid dienone is 4. The van der Waals surface area contributed by atoms with Crippen LogP contribution in [-0.2, 0) is 0 Å². The van der Waals surface area contributed by atoms with Crippen molar-refractivity contribution in [2.45, 2.75) is 6.92 Å². The molecule has 1 aromatic rings. The second-order valence-electron chi connectivity index (χ2n) is 2.88. The van der Waals surface area contributed by atoms with Gasteiger partial charge in [0.05, 0.1) is 0 Å². The number of benzene rings is 1. The minimum Gasteiger partial charge on any atom is -0.0990 e. The molecule has 0 heteroatoms. The van der Waals surface area contributed by atoms with Crippen LogP contribution in [0.1, 0.15) is 11.1 Å². The third kappa shape index (κ3) is 2.19. The lowest BCUT2D eigenvalue weighted by Crippen LogP contribution is -1.84. The minimum absolute atomic E-state index is 1.12. The fraction of sp³-hybridized carbons (Fsp3) is 0.0769. The summed E-state index contributed by atoms with van der Waals surface area (Å²) in [5, 5.41) is 0. The molecule has 0 saturated heterocycles. The quantitative estimate of drug-likeness (QED) is 0.606. The number of hydrogen-bond donors (Lipinski definition) is 0. The lowest BCUT2D eigenvalue weighted by molar-refractivity contribution is 1.43. The Kier molecular flexibility index (Phi) is 3.27. The predicted molar refractivity (Wildman–Crippen MR) is 59.6 cm³/mol. The molecule has 66 valence electrons. The normalized spacial score (nSPS) is 11.0. The maximum Gasteiger partial charge on any atom is -0.0155 e. The Bertz CT molecular complexity index is 343. The smallest absolute Gasteiger partial charge is 0.0155 e. The molecule has 0 radical (unpaired) electrons. The van der Waals surface area contributed by atoms with Crippen molar-refractivity contribution in [1.29, 1.82) is 0 Å². The highest BCUT2D eigenvalue weighted by atomic mass is 14.0. The molecule has 0 aromatic heterocycles. The van der Waals surface area contributed by atoms with Crippen molar-refractivity contribution in [3.63, 3.8) is 0 Å². The molecule has 0 bridgehead atoms. The average Bonchev–Trinajstić information content (AvgIpc) is 2.16. The molecule has 0 aliphatic heterocycles. The van der Waals surface area contributed by atoms with Crippen LogP contribution in [0.25, 0.3) is 5.57 Å². The zero-order valence-electron chi connectivity index (χ0n) is 7.96. The van der Waals surface area contributed by atoms with Crippen molar-refractivity contribution in [2.75, 3.05) is 0 Å². The molecule has 13 heavy (non-hydrogen) atoms. The van der Waals surface area contributed by atoms with Gasteiger partial charge in [0.1, 0.15) is 0 Å². The lowest BCUT2D eigenvalue weighted by Gasteiger charge is -2.04. The fourth-order valence-electron chi connectivity index (χ4n) is 1.29. The topological polar surface area (TPSA) is 0 Å². The van der Waals surface area contributed by atoms with Crippen LogP contribution in [-0.4, -0.2) is 0 Å². The van der Waals surface area contributed by atoms with Crippen molar-refractivity contribution >= 4 is 5.57 Å². The Morgan fingerprint density at radius 1 is 1.23 bits per heavy atom. The molecule has 0 amide bonds. The molecule has 0 unspecified atom stereocenters. The van der Waals surface area contributed by atoms with E-state index in [-0.39, 0.29) is 0 Å². The van der Waals surface area contributed by atoms with Crippen LogP contribution < -0.4 is 0 Å². The summed E-state index contributed by atoms with van der Waals surface area (Å²) in [6.45, 7) is 9.55. The summed E-state index contributed by atoms with van der Waals surface area (Å²) in [4.78, 5) is 0. The van der Waals surface area contributed by atoms with Crippen molar-refractivity contribution in [2.24, 2.45) is 0 Å². The first-order valence-electron chi connectivity index (χ1n) is 4.30. The van der Waals surface area contributed by atoms with E-state index in [1.807, 2.05) is 24.3 Å². The number of aryl methyl sites for hydroxylation is 1. The highest BCUT2D eigenvalue weighted by molar-refractivity contribution is 5.76. The van der Waals surface area contributed by atoms with E-state index >= 15 is 0 Å². The summed E-state index contributed by atoms with van der Waals surface area (Å²) < 4.78 is 0. The first-order chi connectivity index (χ1) is 6.29. The van der Waals surface area contributed by atoms with Gasteiger partial charge >= 0.3 is 0 Å². The molecule has 0 heterocycles. The van der Waals surface area contributed by atoms with Crippen molar-refractivity contribution in [1.82, 2.24) is 0 Å². The summed E-state index contributed by atoms with van der Waals surface area (Å²) in [7, 11) is 0. The van der Waals surface area contributed by atoms with Gasteiger partial charge in [0.15, 0.2) is 0 Å². The summed E-state index contributed by atoms with van der Waals surface area (Å²) in [6, 6.07) is 8.25. The molecular formula is C13H14. The standard InChI is InChI=1S/C13H14/c1-4-8-12(5-2)13-10-7-6-9-11(13)3/h4-10H,1-2H2,3H3/b12-8+. The van der Waals surface area contributed by atoms with E-state index in [0.717, 1.165) is 5.57 Å². The molecule has 1 aromatic carbocycles. The van der Waals surface area contributed by atoms with Gasteiger partial charge in [-0.3, -0.25) is 0 Å². The summed E-state index contributed by atoms with van der Waals surface area (Å²) in [5.41, 5.74) is 3.60. The van der Waals surface area contributed by atoms with E-state index in [1.54, 1.807) is 6.08 Å². The molecular weight excluding hydrogens is 156 g/mol. The summed E-state index contributed by atoms with van der Waals surface area (Å²) in [5.74, 6) is 0. The van der Waals surface area contributed by atoms with Crippen LogP contribution in [0.15, 0.2) is 55.7 Å².